The van der Waals surface area contributed by atoms with Gasteiger partial charge in [-0.2, -0.15) is 0 Å². The van der Waals surface area contributed by atoms with E-state index in [-0.39, 0.29) is 30.1 Å². The largest absolute Gasteiger partial charge is 0.370 e. The molecular weight excluding hydrogens is 370 g/mol. The maximum absolute atomic E-state index is 12.8. The van der Waals surface area contributed by atoms with Crippen molar-refractivity contribution < 1.29 is 19.2 Å². The maximum atomic E-state index is 12.8. The number of nitrogens with zero attached hydrogens (tertiary/aromatic N) is 2. The molecule has 7 heteroatoms. The number of nitrogens with one attached hydrogen (secondary N) is 1. The molecule has 1 atom stereocenters. The number of aldehydes is 1. The SMILES string of the molecule is O=CC1CCC2(CC1)CN(c1ccc3c(c1)CN(C1CCC(=O)NC1=O)C3=O)C2. The lowest BCUT2D eigenvalue weighted by molar-refractivity contribution is -0.136. The predicted molar refractivity (Wildman–Crippen MR) is 105 cm³/mol. The van der Waals surface area contributed by atoms with Crippen LogP contribution in [0.2, 0.25) is 0 Å². The van der Waals surface area contributed by atoms with Crippen molar-refractivity contribution in [1.29, 1.82) is 0 Å². The van der Waals surface area contributed by atoms with Gasteiger partial charge in [0.2, 0.25) is 11.8 Å². The molecule has 7 nitrogen and oxygen atoms in total. The van der Waals surface area contributed by atoms with Crippen molar-refractivity contribution in [1.82, 2.24) is 10.2 Å². The van der Waals surface area contributed by atoms with Gasteiger partial charge in [0.05, 0.1) is 0 Å². The number of carbonyl (C=O) groups excluding carboxylic acids is 4. The fraction of sp³-hybridized carbons (Fsp3) is 0.545. The van der Waals surface area contributed by atoms with Gasteiger partial charge >= 0.3 is 0 Å². The third-order valence-electron chi connectivity index (χ3n) is 7.21. The van der Waals surface area contributed by atoms with Crippen LogP contribution in [-0.4, -0.2) is 48.0 Å². The fourth-order valence-corrected chi connectivity index (χ4v) is 5.41. The molecule has 0 aromatic heterocycles. The van der Waals surface area contributed by atoms with Gasteiger partial charge in [0.15, 0.2) is 0 Å². The van der Waals surface area contributed by atoms with Gasteiger partial charge in [-0.25, -0.2) is 0 Å². The standard InChI is InChI=1S/C22H25N3O4/c26-11-14-5-7-22(8-6-14)12-24(13-22)16-1-2-17-15(9-16)10-25(21(17)29)18-3-4-19(27)23-20(18)28/h1-2,9,11,14,18H,3-8,10,12-13H2,(H,23,27,28). The topological polar surface area (TPSA) is 86.8 Å². The van der Waals surface area contributed by atoms with E-state index in [2.05, 4.69) is 16.3 Å². The third-order valence-corrected chi connectivity index (χ3v) is 7.21. The number of amides is 3. The molecule has 1 N–H and O–H groups in total. The zero-order valence-corrected chi connectivity index (χ0v) is 16.4. The molecule has 3 amide bonds. The van der Waals surface area contributed by atoms with E-state index in [0.717, 1.165) is 56.3 Å². The van der Waals surface area contributed by atoms with Crippen molar-refractivity contribution in [3.63, 3.8) is 0 Å². The molecule has 3 heterocycles. The zero-order chi connectivity index (χ0) is 20.2. The molecule has 1 aliphatic carbocycles. The highest BCUT2D eigenvalue weighted by molar-refractivity contribution is 6.05. The van der Waals surface area contributed by atoms with Gasteiger partial charge in [-0.05, 0) is 55.9 Å². The van der Waals surface area contributed by atoms with Crippen LogP contribution in [0.3, 0.4) is 0 Å². The predicted octanol–water partition coefficient (Wildman–Crippen LogP) is 1.64. The van der Waals surface area contributed by atoms with Crippen molar-refractivity contribution in [3.8, 4) is 0 Å². The van der Waals surface area contributed by atoms with Gasteiger partial charge in [-0.1, -0.05) is 0 Å². The fourth-order valence-electron chi connectivity index (χ4n) is 5.41. The molecule has 1 spiro atoms. The van der Waals surface area contributed by atoms with Gasteiger partial charge in [0, 0.05) is 48.6 Å². The highest BCUT2D eigenvalue weighted by Gasteiger charge is 2.45. The van der Waals surface area contributed by atoms with Crippen molar-refractivity contribution >= 4 is 29.7 Å². The van der Waals surface area contributed by atoms with E-state index in [9.17, 15) is 19.2 Å². The van der Waals surface area contributed by atoms with Gasteiger partial charge in [0.1, 0.15) is 12.3 Å². The minimum Gasteiger partial charge on any atom is -0.370 e. The van der Waals surface area contributed by atoms with Crippen molar-refractivity contribution in [3.05, 3.63) is 29.3 Å². The van der Waals surface area contributed by atoms with Crippen molar-refractivity contribution in [2.75, 3.05) is 18.0 Å². The van der Waals surface area contributed by atoms with Crippen LogP contribution in [0, 0.1) is 11.3 Å². The number of benzene rings is 1. The number of fused-ring (bicyclic) bond motifs is 1. The number of hydrogen-bond donors (Lipinski definition) is 1. The average molecular weight is 395 g/mol. The highest BCUT2D eigenvalue weighted by Crippen LogP contribution is 2.47. The molecule has 1 aromatic carbocycles. The Bertz CT molecular complexity index is 895. The molecule has 0 radical (unpaired) electrons. The number of hydrogen-bond acceptors (Lipinski definition) is 5. The Morgan fingerprint density at radius 2 is 1.83 bits per heavy atom. The maximum Gasteiger partial charge on any atom is 0.255 e. The van der Waals surface area contributed by atoms with Gasteiger partial charge in [-0.3, -0.25) is 19.7 Å². The summed E-state index contributed by atoms with van der Waals surface area (Å²) in [5, 5.41) is 2.34. The summed E-state index contributed by atoms with van der Waals surface area (Å²) in [5.41, 5.74) is 3.06. The third kappa shape index (κ3) is 3.03. The summed E-state index contributed by atoms with van der Waals surface area (Å²) in [6.07, 6.45) is 5.97. The van der Waals surface area contributed by atoms with Gasteiger partial charge in [-0.15, -0.1) is 0 Å². The second kappa shape index (κ2) is 6.68. The number of carbonyl (C=O) groups is 4. The number of anilines is 1. The van der Waals surface area contributed by atoms with Crippen LogP contribution in [0.4, 0.5) is 5.69 Å². The van der Waals surface area contributed by atoms with Crippen molar-refractivity contribution in [2.24, 2.45) is 11.3 Å². The highest BCUT2D eigenvalue weighted by atomic mass is 16.2. The number of rotatable bonds is 3. The Morgan fingerprint density at radius 3 is 2.52 bits per heavy atom. The Morgan fingerprint density at radius 1 is 1.07 bits per heavy atom. The first-order valence-electron chi connectivity index (χ1n) is 10.5. The van der Waals surface area contributed by atoms with E-state index in [0.29, 0.717) is 23.9 Å². The minimum atomic E-state index is -0.573. The monoisotopic (exact) mass is 395 g/mol. The van der Waals surface area contributed by atoms with Crippen LogP contribution in [0.1, 0.15) is 54.4 Å². The molecule has 1 aromatic rings. The molecule has 5 rings (SSSR count). The van der Waals surface area contributed by atoms with Crippen LogP contribution >= 0.6 is 0 Å². The molecular formula is C22H25N3O4. The van der Waals surface area contributed by atoms with Gasteiger partial charge < -0.3 is 14.6 Å². The number of piperidine rings is 1. The van der Waals surface area contributed by atoms with Crippen molar-refractivity contribution in [2.45, 2.75) is 51.1 Å². The quantitative estimate of drug-likeness (QED) is 0.621. The first-order chi connectivity index (χ1) is 14.0. The van der Waals surface area contributed by atoms with Gasteiger partial charge in [0.25, 0.3) is 5.91 Å². The lowest BCUT2D eigenvalue weighted by atomic mass is 9.66. The summed E-state index contributed by atoms with van der Waals surface area (Å²) >= 11 is 0. The average Bonchev–Trinajstić information content (AvgIpc) is 3.02. The second-order valence-electron chi connectivity index (χ2n) is 9.07. The van der Waals surface area contributed by atoms with Crippen LogP contribution in [0.25, 0.3) is 0 Å². The molecule has 4 aliphatic rings. The molecule has 3 fully saturated rings. The Kier molecular flexibility index (Phi) is 4.22. The summed E-state index contributed by atoms with van der Waals surface area (Å²) in [7, 11) is 0. The van der Waals surface area contributed by atoms with Crippen LogP contribution in [0.15, 0.2) is 18.2 Å². The molecule has 29 heavy (non-hydrogen) atoms. The minimum absolute atomic E-state index is 0.131. The van der Waals surface area contributed by atoms with E-state index < -0.39 is 6.04 Å². The van der Waals surface area contributed by atoms with E-state index in [4.69, 9.17) is 0 Å². The molecule has 152 valence electrons. The van der Waals surface area contributed by atoms with E-state index >= 15 is 0 Å². The number of imide groups is 1. The second-order valence-corrected chi connectivity index (χ2v) is 9.07. The summed E-state index contributed by atoms with van der Waals surface area (Å²) in [4.78, 5) is 51.3. The summed E-state index contributed by atoms with van der Waals surface area (Å²) < 4.78 is 0. The first kappa shape index (κ1) is 18.3. The molecule has 1 unspecified atom stereocenters. The molecule has 3 aliphatic heterocycles. The molecule has 1 saturated carbocycles. The zero-order valence-electron chi connectivity index (χ0n) is 16.4. The van der Waals surface area contributed by atoms with E-state index in [1.165, 1.54) is 0 Å². The Labute approximate surface area is 169 Å². The summed E-state index contributed by atoms with van der Waals surface area (Å²) in [6.45, 7) is 2.42. The Hall–Kier alpha value is -2.70. The Balaban J connectivity index is 1.27. The molecule has 0 bridgehead atoms. The summed E-state index contributed by atoms with van der Waals surface area (Å²) in [6, 6.07) is 5.36. The first-order valence-corrected chi connectivity index (χ1v) is 10.5. The van der Waals surface area contributed by atoms with E-state index in [1.54, 1.807) is 4.90 Å². The molecule has 2 saturated heterocycles. The van der Waals surface area contributed by atoms with Crippen LogP contribution in [0.5, 0.6) is 0 Å². The normalized spacial score (nSPS) is 26.3. The van der Waals surface area contributed by atoms with Crippen LogP contribution in [-0.2, 0) is 20.9 Å². The lowest BCUT2D eigenvalue weighted by Gasteiger charge is -2.54. The van der Waals surface area contributed by atoms with Crippen LogP contribution < -0.4 is 10.2 Å². The smallest absolute Gasteiger partial charge is 0.255 e. The van der Waals surface area contributed by atoms with E-state index in [1.807, 2.05) is 12.1 Å². The summed E-state index contributed by atoms with van der Waals surface area (Å²) in [5.74, 6) is -0.544. The lowest BCUT2D eigenvalue weighted by Crippen LogP contribution is -2.57.